The van der Waals surface area contributed by atoms with E-state index in [0.717, 1.165) is 74.3 Å². The van der Waals surface area contributed by atoms with Crippen LogP contribution >= 0.6 is 0 Å². The van der Waals surface area contributed by atoms with E-state index in [0.29, 0.717) is 23.0 Å². The Bertz CT molecular complexity index is 1180. The Morgan fingerprint density at radius 3 is 1.33 bits per heavy atom. The van der Waals surface area contributed by atoms with E-state index in [1.165, 1.54) is 6.42 Å². The molecule has 2 aromatic rings. The van der Waals surface area contributed by atoms with Gasteiger partial charge in [-0.05, 0) is 117 Å². The summed E-state index contributed by atoms with van der Waals surface area (Å²) in [6.45, 7) is 0. The van der Waals surface area contributed by atoms with Crippen LogP contribution in [0.15, 0.2) is 48.6 Å². The zero-order chi connectivity index (χ0) is 30.6. The summed E-state index contributed by atoms with van der Waals surface area (Å²) >= 11 is 0. The lowest BCUT2D eigenvalue weighted by atomic mass is 9.75. The molecule has 2 aliphatic carbocycles. The van der Waals surface area contributed by atoms with Gasteiger partial charge in [0.15, 0.2) is 23.0 Å². The van der Waals surface area contributed by atoms with Crippen LogP contribution in [0.4, 0.5) is 0 Å². The number of carbonyl (C=O) groups is 2. The van der Waals surface area contributed by atoms with Crippen LogP contribution in [0.2, 0.25) is 0 Å². The van der Waals surface area contributed by atoms with Crippen LogP contribution in [0.25, 0.3) is 12.2 Å². The second-order valence-corrected chi connectivity index (χ2v) is 11.6. The van der Waals surface area contributed by atoms with E-state index in [-0.39, 0.29) is 23.9 Å². The van der Waals surface area contributed by atoms with Crippen molar-refractivity contribution in [1.82, 2.24) is 10.6 Å². The summed E-state index contributed by atoms with van der Waals surface area (Å²) < 4.78 is 21.2. The summed E-state index contributed by atoms with van der Waals surface area (Å²) in [5.74, 6) is 3.93. The molecular formula is C35H46N2O6. The molecule has 2 aliphatic rings. The molecule has 0 aliphatic heterocycles. The van der Waals surface area contributed by atoms with Crippen molar-refractivity contribution in [1.29, 1.82) is 0 Å². The Labute approximate surface area is 255 Å². The van der Waals surface area contributed by atoms with Gasteiger partial charge < -0.3 is 29.6 Å². The van der Waals surface area contributed by atoms with E-state index >= 15 is 0 Å². The van der Waals surface area contributed by atoms with Gasteiger partial charge in [0.2, 0.25) is 11.8 Å². The van der Waals surface area contributed by atoms with E-state index in [4.69, 9.17) is 18.9 Å². The standard InChI is InChI=1S/C35H46N2O6/c1-40-30-17-9-26(22-32(30)42-3)11-19-34(38)36-28-13-5-24(6-14-28)21-25-7-15-29(16-8-25)37-35(39)20-12-27-10-18-31(41-2)33(23-27)43-4/h9-12,17-20,22-25,28-29H,5-8,13-16,21H2,1-4H3,(H,36,38)(H,37,39)/b19-11+,20-12+. The number of hydrogen-bond acceptors (Lipinski definition) is 6. The lowest BCUT2D eigenvalue weighted by Gasteiger charge is -2.34. The van der Waals surface area contributed by atoms with Crippen molar-refractivity contribution in [3.8, 4) is 23.0 Å². The van der Waals surface area contributed by atoms with Gasteiger partial charge in [-0.25, -0.2) is 0 Å². The van der Waals surface area contributed by atoms with Gasteiger partial charge in [-0.15, -0.1) is 0 Å². The Morgan fingerprint density at radius 1 is 0.605 bits per heavy atom. The van der Waals surface area contributed by atoms with Crippen LogP contribution in [-0.4, -0.2) is 52.3 Å². The van der Waals surface area contributed by atoms with Crippen LogP contribution in [0.5, 0.6) is 23.0 Å². The summed E-state index contributed by atoms with van der Waals surface area (Å²) in [4.78, 5) is 25.1. The van der Waals surface area contributed by atoms with E-state index in [1.54, 1.807) is 52.7 Å². The minimum Gasteiger partial charge on any atom is -0.493 e. The van der Waals surface area contributed by atoms with E-state index < -0.39 is 0 Å². The lowest BCUT2D eigenvalue weighted by molar-refractivity contribution is -0.118. The largest absolute Gasteiger partial charge is 0.493 e. The van der Waals surface area contributed by atoms with E-state index in [2.05, 4.69) is 10.6 Å². The molecule has 43 heavy (non-hydrogen) atoms. The Balaban J connectivity index is 1.13. The number of methoxy groups -OCH3 is 4. The van der Waals surface area contributed by atoms with Crippen molar-refractivity contribution in [3.05, 3.63) is 59.7 Å². The summed E-state index contributed by atoms with van der Waals surface area (Å²) in [7, 11) is 6.41. The van der Waals surface area contributed by atoms with Crippen LogP contribution in [0.3, 0.4) is 0 Å². The van der Waals surface area contributed by atoms with Crippen LogP contribution in [0, 0.1) is 11.8 Å². The maximum absolute atomic E-state index is 12.5. The third kappa shape index (κ3) is 9.53. The van der Waals surface area contributed by atoms with Crippen molar-refractivity contribution in [2.24, 2.45) is 11.8 Å². The number of ether oxygens (including phenoxy) is 4. The average molecular weight is 591 g/mol. The van der Waals surface area contributed by atoms with Crippen molar-refractivity contribution in [2.75, 3.05) is 28.4 Å². The zero-order valence-corrected chi connectivity index (χ0v) is 25.9. The maximum atomic E-state index is 12.5. The molecule has 232 valence electrons. The van der Waals surface area contributed by atoms with Crippen molar-refractivity contribution >= 4 is 24.0 Å². The van der Waals surface area contributed by atoms with Gasteiger partial charge in [-0.3, -0.25) is 9.59 Å². The molecule has 2 aromatic carbocycles. The smallest absolute Gasteiger partial charge is 0.244 e. The monoisotopic (exact) mass is 590 g/mol. The van der Waals surface area contributed by atoms with Gasteiger partial charge in [-0.2, -0.15) is 0 Å². The molecule has 8 heteroatoms. The fourth-order valence-corrected chi connectivity index (χ4v) is 6.31. The van der Waals surface area contributed by atoms with Crippen LogP contribution in [-0.2, 0) is 9.59 Å². The molecular weight excluding hydrogens is 544 g/mol. The molecule has 2 fully saturated rings. The normalized spacial score (nSPS) is 22.2. The Morgan fingerprint density at radius 2 is 0.977 bits per heavy atom. The molecule has 0 saturated heterocycles. The van der Waals surface area contributed by atoms with Crippen molar-refractivity contribution < 1.29 is 28.5 Å². The molecule has 0 atom stereocenters. The Kier molecular flexibility index (Phi) is 11.9. The van der Waals surface area contributed by atoms with Crippen molar-refractivity contribution in [2.45, 2.75) is 69.9 Å². The average Bonchev–Trinajstić information content (AvgIpc) is 3.04. The van der Waals surface area contributed by atoms with Gasteiger partial charge in [-0.1, -0.05) is 12.1 Å². The number of nitrogens with one attached hydrogen (secondary N) is 2. The number of rotatable bonds is 12. The third-order valence-electron chi connectivity index (χ3n) is 8.72. The molecule has 0 aromatic heterocycles. The third-order valence-corrected chi connectivity index (χ3v) is 8.72. The molecule has 2 amide bonds. The molecule has 0 unspecified atom stereocenters. The first-order chi connectivity index (χ1) is 20.9. The molecule has 0 radical (unpaired) electrons. The van der Waals surface area contributed by atoms with Gasteiger partial charge in [0.05, 0.1) is 28.4 Å². The molecule has 8 nitrogen and oxygen atoms in total. The molecule has 0 bridgehead atoms. The summed E-state index contributed by atoms with van der Waals surface area (Å²) in [5, 5.41) is 6.36. The fourth-order valence-electron chi connectivity index (χ4n) is 6.31. The Hall–Kier alpha value is -3.94. The number of carbonyl (C=O) groups excluding carboxylic acids is 2. The molecule has 0 heterocycles. The molecule has 4 rings (SSSR count). The predicted molar refractivity (Wildman–Crippen MR) is 170 cm³/mol. The summed E-state index contributed by atoms with van der Waals surface area (Å²) in [6.07, 6.45) is 16.8. The maximum Gasteiger partial charge on any atom is 0.244 e. The van der Waals surface area contributed by atoms with Gasteiger partial charge in [0.25, 0.3) is 0 Å². The second kappa shape index (κ2) is 16.1. The lowest BCUT2D eigenvalue weighted by Crippen LogP contribution is -2.38. The highest BCUT2D eigenvalue weighted by Crippen LogP contribution is 2.35. The highest BCUT2D eigenvalue weighted by atomic mass is 16.5. The van der Waals surface area contributed by atoms with E-state index in [1.807, 2.05) is 36.4 Å². The first-order valence-corrected chi connectivity index (χ1v) is 15.3. The highest BCUT2D eigenvalue weighted by molar-refractivity contribution is 5.92. The second-order valence-electron chi connectivity index (χ2n) is 11.6. The first-order valence-electron chi connectivity index (χ1n) is 15.3. The quantitative estimate of drug-likeness (QED) is 0.287. The van der Waals surface area contributed by atoms with Crippen LogP contribution < -0.4 is 29.6 Å². The molecule has 0 spiro atoms. The summed E-state index contributed by atoms with van der Waals surface area (Å²) in [5.41, 5.74) is 1.77. The van der Waals surface area contributed by atoms with Crippen LogP contribution in [0.1, 0.15) is 68.9 Å². The topological polar surface area (TPSA) is 95.1 Å². The van der Waals surface area contributed by atoms with E-state index in [9.17, 15) is 9.59 Å². The minimum atomic E-state index is -0.0582. The number of benzene rings is 2. The first kappa shape index (κ1) is 32.0. The highest BCUT2D eigenvalue weighted by Gasteiger charge is 2.27. The number of hydrogen-bond donors (Lipinski definition) is 2. The van der Waals surface area contributed by atoms with Gasteiger partial charge in [0, 0.05) is 24.2 Å². The SMILES string of the molecule is COc1ccc(/C=C/C(=O)NC2CCC(CC3CCC(NC(=O)/C=C/c4ccc(OC)c(OC)c4)CC3)CC2)cc1OC. The van der Waals surface area contributed by atoms with Crippen molar-refractivity contribution in [3.63, 3.8) is 0 Å². The molecule has 2 N–H and O–H groups in total. The van der Waals surface area contributed by atoms with Gasteiger partial charge >= 0.3 is 0 Å². The minimum absolute atomic E-state index is 0.0582. The summed E-state index contributed by atoms with van der Waals surface area (Å²) in [6, 6.07) is 11.6. The fraction of sp³-hybridized carbons (Fsp3) is 0.486. The van der Waals surface area contributed by atoms with Gasteiger partial charge in [0.1, 0.15) is 0 Å². The molecule has 2 saturated carbocycles. The number of amides is 2. The zero-order valence-electron chi connectivity index (χ0n) is 25.9. The predicted octanol–water partition coefficient (Wildman–Crippen LogP) is 6.19.